The van der Waals surface area contributed by atoms with Crippen LogP contribution in [-0.4, -0.2) is 99.0 Å². The number of nitrogens with zero attached hydrogens (tertiary/aromatic N) is 4. The van der Waals surface area contributed by atoms with Crippen LogP contribution in [0.15, 0.2) is 42.7 Å². The van der Waals surface area contributed by atoms with Gasteiger partial charge in [0.25, 0.3) is 0 Å². The van der Waals surface area contributed by atoms with Crippen molar-refractivity contribution in [2.24, 2.45) is 0 Å². The molecule has 3 aromatic rings. The van der Waals surface area contributed by atoms with E-state index in [0.29, 0.717) is 5.95 Å². The third-order valence-electron chi connectivity index (χ3n) is 7.76. The average molecular weight is 466 g/mol. The molecule has 0 radical (unpaired) electrons. The van der Waals surface area contributed by atoms with Crippen LogP contribution in [0.1, 0.15) is 5.56 Å². The van der Waals surface area contributed by atoms with Crippen molar-refractivity contribution < 1.29 is 13.5 Å². The molecule has 0 aliphatic carbocycles. The maximum absolute atomic E-state index is 13.6. The predicted molar refractivity (Wildman–Crippen MR) is 159 cm³/mol. The molecular formula is C19H27B8F2N5O. The molecule has 1 fully saturated rings. The first-order chi connectivity index (χ1) is 16.0. The van der Waals surface area contributed by atoms with Gasteiger partial charge in [-0.15, -0.1) is 5.10 Å². The van der Waals surface area contributed by atoms with Crippen molar-refractivity contribution in [2.45, 2.75) is 28.4 Å². The van der Waals surface area contributed by atoms with Gasteiger partial charge in [-0.25, -0.2) is 13.5 Å². The number of benzene rings is 2. The van der Waals surface area contributed by atoms with Crippen molar-refractivity contribution in [3.05, 3.63) is 59.9 Å². The highest BCUT2D eigenvalue weighted by Gasteiger charge is 2.58. The molecule has 1 aromatic heterocycles. The lowest BCUT2D eigenvalue weighted by atomic mass is 9.30. The van der Waals surface area contributed by atoms with Crippen molar-refractivity contribution in [3.8, 4) is 5.69 Å². The van der Waals surface area contributed by atoms with Crippen LogP contribution in [0.25, 0.3) is 5.69 Å². The Balaban J connectivity index is 1.71. The van der Waals surface area contributed by atoms with Crippen molar-refractivity contribution in [3.63, 3.8) is 0 Å². The number of hydrogen-bond donors (Lipinski definition) is 1. The Hall–Kier alpha value is -2.48. The molecule has 172 valence electrons. The van der Waals surface area contributed by atoms with E-state index in [1.165, 1.54) is 23.1 Å². The summed E-state index contributed by atoms with van der Waals surface area (Å²) in [6.45, 7) is 2.05. The predicted octanol–water partition coefficient (Wildman–Crippen LogP) is -4.89. The number of nitrogens with one attached hydrogen (secondary N) is 1. The van der Waals surface area contributed by atoms with E-state index in [0.717, 1.165) is 23.0 Å². The number of aryl methyl sites for hydroxylation is 1. The van der Waals surface area contributed by atoms with E-state index in [1.54, 1.807) is 0 Å². The molecule has 0 bridgehead atoms. The number of halogens is 2. The van der Waals surface area contributed by atoms with E-state index in [4.69, 9.17) is 4.74 Å². The zero-order valence-corrected chi connectivity index (χ0v) is 22.0. The Bertz CT molecular complexity index is 1240. The number of aromatic nitrogens is 3. The van der Waals surface area contributed by atoms with Gasteiger partial charge >= 0.3 is 0 Å². The molecule has 0 amide bonds. The second-order valence-corrected chi connectivity index (χ2v) is 11.4. The second kappa shape index (κ2) is 8.29. The molecule has 1 aliphatic rings. The number of anilines is 3. The molecule has 2 heterocycles. The van der Waals surface area contributed by atoms with Gasteiger partial charge in [0, 0.05) is 28.2 Å². The first-order valence-corrected chi connectivity index (χ1v) is 11.8. The Morgan fingerprint density at radius 3 is 1.94 bits per heavy atom. The van der Waals surface area contributed by atoms with Crippen molar-refractivity contribution in [1.82, 2.24) is 14.8 Å². The molecule has 4 rings (SSSR count). The zero-order chi connectivity index (χ0) is 26.0. The number of morpholine rings is 1. The second-order valence-electron chi connectivity index (χ2n) is 11.4. The van der Waals surface area contributed by atoms with Gasteiger partial charge in [-0.1, -0.05) is 0 Å². The Morgan fingerprint density at radius 2 is 1.37 bits per heavy atom. The largest absolute Gasteiger partial charge is 0.402 e. The summed E-state index contributed by atoms with van der Waals surface area (Å²) in [5.41, 5.74) is 3.20. The van der Waals surface area contributed by atoms with E-state index in [2.05, 4.69) is 95.2 Å². The van der Waals surface area contributed by atoms with Gasteiger partial charge in [-0.2, -0.15) is 4.98 Å². The molecule has 0 unspecified atom stereocenters. The molecule has 1 N–H and O–H groups in total. The summed E-state index contributed by atoms with van der Waals surface area (Å²) in [5, 5.41) is 6.14. The first-order valence-electron chi connectivity index (χ1n) is 11.8. The number of rotatable bonds is 4. The van der Waals surface area contributed by atoms with Crippen LogP contribution >= 0.6 is 0 Å². The number of ether oxygens (including phenoxy) is 1. The molecule has 0 spiro atoms. The third kappa shape index (κ3) is 4.45. The highest BCUT2D eigenvalue weighted by Crippen LogP contribution is 2.43. The van der Waals surface area contributed by atoms with Crippen molar-refractivity contribution >= 4 is 80.1 Å². The molecular weight excluding hydrogens is 439 g/mol. The monoisotopic (exact) mass is 467 g/mol. The Morgan fingerprint density at radius 1 is 0.800 bits per heavy atom. The standard InChI is InChI=1S/C19H27B8F2N5O/c1-9-2-12(31-15-30-8-33(32-15)13-5-10(28)4-11(29)6-13)7-14(3-9)34-16(20,21)18(24,25)35-19(26,27)17(34,22)23/h2-8H,20-27H2,1H3,(H,31,32). The van der Waals surface area contributed by atoms with Crippen LogP contribution in [0.2, 0.25) is 0 Å². The third-order valence-corrected chi connectivity index (χ3v) is 7.76. The highest BCUT2D eigenvalue weighted by molar-refractivity contribution is 6.61. The van der Waals surface area contributed by atoms with Gasteiger partial charge in [0.2, 0.25) is 5.95 Å². The van der Waals surface area contributed by atoms with Crippen LogP contribution < -0.4 is 10.2 Å². The van der Waals surface area contributed by atoms with E-state index in [-0.39, 0.29) is 16.4 Å². The normalized spacial score (nSPS) is 19.8. The Labute approximate surface area is 212 Å². The lowest BCUT2D eigenvalue weighted by molar-refractivity contribution is -0.0253. The molecule has 6 nitrogen and oxygen atoms in total. The van der Waals surface area contributed by atoms with Gasteiger partial charge < -0.3 is 15.0 Å². The SMILES string of the molecule is BC1(B)OC(B)(B)C(B)(B)N(c2cc(C)cc(Nc3ncn(-c4cc(F)cc(F)c4)n3)c2)C1(B)B. The van der Waals surface area contributed by atoms with Crippen LogP contribution in [0.5, 0.6) is 0 Å². The van der Waals surface area contributed by atoms with Gasteiger partial charge in [0.05, 0.1) is 5.69 Å². The molecule has 0 atom stereocenters. The van der Waals surface area contributed by atoms with Gasteiger partial charge in [0.15, 0.2) is 0 Å². The Kier molecular flexibility index (Phi) is 6.06. The maximum Gasteiger partial charge on any atom is 0.246 e. The fourth-order valence-electron chi connectivity index (χ4n) is 4.98. The van der Waals surface area contributed by atoms with Crippen molar-refractivity contribution in [1.29, 1.82) is 0 Å². The fraction of sp³-hybridized carbons (Fsp3) is 0.263. The van der Waals surface area contributed by atoms with Crippen LogP contribution in [-0.2, 0) is 4.74 Å². The average Bonchev–Trinajstić information content (AvgIpc) is 3.13. The van der Waals surface area contributed by atoms with E-state index in [9.17, 15) is 8.78 Å². The van der Waals surface area contributed by atoms with Crippen LogP contribution in [0.4, 0.5) is 26.1 Å². The fourth-order valence-corrected chi connectivity index (χ4v) is 4.98. The molecule has 1 aliphatic heterocycles. The maximum atomic E-state index is 13.6. The van der Waals surface area contributed by atoms with Gasteiger partial charge in [0.1, 0.15) is 80.7 Å². The van der Waals surface area contributed by atoms with Crippen LogP contribution in [0.3, 0.4) is 0 Å². The molecule has 16 heteroatoms. The highest BCUT2D eigenvalue weighted by atomic mass is 19.1. The summed E-state index contributed by atoms with van der Waals surface area (Å²) in [6, 6.07) is 9.51. The van der Waals surface area contributed by atoms with E-state index >= 15 is 0 Å². The quantitative estimate of drug-likeness (QED) is 0.392. The minimum atomic E-state index is -0.671. The molecule has 1 saturated heterocycles. The molecule has 0 saturated carbocycles. The minimum Gasteiger partial charge on any atom is -0.402 e. The zero-order valence-electron chi connectivity index (χ0n) is 22.0. The van der Waals surface area contributed by atoms with Crippen molar-refractivity contribution in [2.75, 3.05) is 10.2 Å². The smallest absolute Gasteiger partial charge is 0.246 e. The number of hydrogen-bond acceptors (Lipinski definition) is 5. The minimum absolute atomic E-state index is 0.259. The summed E-state index contributed by atoms with van der Waals surface area (Å²) in [6.07, 6.45) is 1.42. The lowest BCUT2D eigenvalue weighted by Gasteiger charge is -2.69. The summed E-state index contributed by atoms with van der Waals surface area (Å²) in [5.74, 6) is -1.02. The molecule has 35 heavy (non-hydrogen) atoms. The van der Waals surface area contributed by atoms with Crippen LogP contribution in [0, 0.1) is 18.6 Å². The first kappa shape index (κ1) is 25.6. The topological polar surface area (TPSA) is 55.2 Å². The molecule has 2 aromatic carbocycles. The van der Waals surface area contributed by atoms with Gasteiger partial charge in [-0.3, -0.25) is 0 Å². The van der Waals surface area contributed by atoms with Gasteiger partial charge in [-0.05, 0) is 53.5 Å². The summed E-state index contributed by atoms with van der Waals surface area (Å²) >= 11 is 0. The summed E-state index contributed by atoms with van der Waals surface area (Å²) in [4.78, 5) is 6.73. The summed E-state index contributed by atoms with van der Waals surface area (Å²) in [7, 11) is 17.4. The van der Waals surface area contributed by atoms with E-state index < -0.39 is 22.4 Å². The summed E-state index contributed by atoms with van der Waals surface area (Å²) < 4.78 is 35.2. The lowest BCUT2D eigenvalue weighted by Crippen LogP contribution is -2.86. The van der Waals surface area contributed by atoms with E-state index in [1.807, 2.05) is 13.0 Å².